The molecule has 0 bridgehead atoms. The largest absolute Gasteiger partial charge is 0.493 e. The average molecular weight is 533 g/mol. The maximum atomic E-state index is 13.5. The van der Waals surface area contributed by atoms with Crippen molar-refractivity contribution in [2.24, 2.45) is 7.05 Å². The van der Waals surface area contributed by atoms with Gasteiger partial charge in [0, 0.05) is 36.4 Å². The minimum atomic E-state index is -4.52. The topological polar surface area (TPSA) is 86.1 Å². The highest BCUT2D eigenvalue weighted by Gasteiger charge is 2.33. The van der Waals surface area contributed by atoms with E-state index in [1.54, 1.807) is 19.2 Å². The molecule has 2 aromatic carbocycles. The maximum Gasteiger partial charge on any atom is 0.416 e. The number of hydrogen-bond donors (Lipinski definition) is 1. The number of benzene rings is 2. The molecule has 1 N–H and O–H groups in total. The summed E-state index contributed by atoms with van der Waals surface area (Å²) in [5, 5.41) is 4.10. The summed E-state index contributed by atoms with van der Waals surface area (Å²) in [6, 6.07) is 13.3. The molecular formula is C25H20F4N4O3S. The lowest BCUT2D eigenvalue weighted by molar-refractivity contribution is -0.137. The minimum absolute atomic E-state index is 0.128. The Labute approximate surface area is 209 Å². The number of hydrogen-bond acceptors (Lipinski definition) is 5. The fourth-order valence-electron chi connectivity index (χ4n) is 4.42. The second-order valence-electron chi connectivity index (χ2n) is 8.48. The van der Waals surface area contributed by atoms with Crippen molar-refractivity contribution in [1.82, 2.24) is 14.8 Å². The van der Waals surface area contributed by atoms with E-state index in [0.29, 0.717) is 34.6 Å². The summed E-state index contributed by atoms with van der Waals surface area (Å²) in [5.74, 6) is -1.08. The summed E-state index contributed by atoms with van der Waals surface area (Å²) >= 11 is 0. The van der Waals surface area contributed by atoms with Crippen molar-refractivity contribution in [2.45, 2.75) is 23.4 Å². The number of fused-ring (bicyclic) bond motifs is 1. The number of ether oxygens (including phenoxy) is 1. The number of halogens is 4. The number of sulfonamides is 1. The number of anilines is 1. The molecule has 1 aliphatic heterocycles. The van der Waals surface area contributed by atoms with Crippen molar-refractivity contribution in [2.75, 3.05) is 11.3 Å². The smallest absolute Gasteiger partial charge is 0.416 e. The van der Waals surface area contributed by atoms with Gasteiger partial charge < -0.3 is 4.74 Å². The Morgan fingerprint density at radius 2 is 1.84 bits per heavy atom. The lowest BCUT2D eigenvalue weighted by Gasteiger charge is -2.28. The number of rotatable bonds is 5. The molecule has 4 aromatic rings. The molecule has 3 heterocycles. The molecule has 0 saturated heterocycles. The van der Waals surface area contributed by atoms with Crippen LogP contribution in [0, 0.1) is 5.95 Å². The SMILES string of the molecule is Cn1nccc1-c1cc(C(F)(F)F)ccc1C1CCOc2cc(S(=O)(=O)Nc3cccc(F)n3)ccc21. The predicted molar refractivity (Wildman–Crippen MR) is 127 cm³/mol. The van der Waals surface area contributed by atoms with E-state index in [4.69, 9.17) is 4.74 Å². The number of aryl methyl sites for hydroxylation is 1. The lowest BCUT2D eigenvalue weighted by Crippen LogP contribution is -2.19. The van der Waals surface area contributed by atoms with Crippen molar-refractivity contribution in [1.29, 1.82) is 0 Å². The summed E-state index contributed by atoms with van der Waals surface area (Å²) in [5.41, 5.74) is 1.39. The molecule has 1 atom stereocenters. The fraction of sp³-hybridized carbons (Fsp3) is 0.200. The number of nitrogens with zero attached hydrogens (tertiary/aromatic N) is 3. The molecule has 0 amide bonds. The van der Waals surface area contributed by atoms with Gasteiger partial charge in [0.05, 0.1) is 22.8 Å². The van der Waals surface area contributed by atoms with Crippen LogP contribution in [-0.2, 0) is 23.2 Å². The molecule has 0 aliphatic carbocycles. The number of nitrogens with one attached hydrogen (secondary N) is 1. The summed E-state index contributed by atoms with van der Waals surface area (Å²) in [6.45, 7) is 0.228. The van der Waals surface area contributed by atoms with Crippen molar-refractivity contribution in [3.8, 4) is 17.0 Å². The van der Waals surface area contributed by atoms with Gasteiger partial charge in [-0.25, -0.2) is 13.4 Å². The zero-order valence-electron chi connectivity index (χ0n) is 19.3. The summed E-state index contributed by atoms with van der Waals surface area (Å²) in [6.07, 6.45) is -2.54. The van der Waals surface area contributed by atoms with Crippen LogP contribution in [0.1, 0.15) is 29.0 Å². The van der Waals surface area contributed by atoms with Gasteiger partial charge in [0.15, 0.2) is 0 Å². The second kappa shape index (κ2) is 9.18. The minimum Gasteiger partial charge on any atom is -0.493 e. The van der Waals surface area contributed by atoms with E-state index in [1.807, 2.05) is 0 Å². The van der Waals surface area contributed by atoms with Gasteiger partial charge in [-0.15, -0.1) is 0 Å². The van der Waals surface area contributed by atoms with Gasteiger partial charge in [0.25, 0.3) is 10.0 Å². The van der Waals surface area contributed by atoms with Gasteiger partial charge in [-0.05, 0) is 48.4 Å². The van der Waals surface area contributed by atoms with E-state index in [0.717, 1.165) is 18.2 Å². The molecule has 7 nitrogen and oxygen atoms in total. The fourth-order valence-corrected chi connectivity index (χ4v) is 5.43. The van der Waals surface area contributed by atoms with Crippen LogP contribution in [0.2, 0.25) is 0 Å². The normalized spacial score (nSPS) is 15.6. The van der Waals surface area contributed by atoms with Gasteiger partial charge in [0.1, 0.15) is 11.6 Å². The zero-order chi connectivity index (χ0) is 26.4. The first kappa shape index (κ1) is 24.8. The van der Waals surface area contributed by atoms with Gasteiger partial charge >= 0.3 is 6.18 Å². The van der Waals surface area contributed by atoms with Crippen LogP contribution >= 0.6 is 0 Å². The Balaban J connectivity index is 1.55. The van der Waals surface area contributed by atoms with Gasteiger partial charge in [0.2, 0.25) is 5.95 Å². The molecular weight excluding hydrogens is 512 g/mol. The van der Waals surface area contributed by atoms with Crippen LogP contribution < -0.4 is 9.46 Å². The van der Waals surface area contributed by atoms with Crippen LogP contribution in [0.3, 0.4) is 0 Å². The molecule has 0 fully saturated rings. The first-order valence-corrected chi connectivity index (χ1v) is 12.6. The molecule has 0 radical (unpaired) electrons. The van der Waals surface area contributed by atoms with Crippen molar-refractivity contribution in [3.63, 3.8) is 0 Å². The first-order valence-electron chi connectivity index (χ1n) is 11.1. The maximum absolute atomic E-state index is 13.5. The summed E-state index contributed by atoms with van der Waals surface area (Å²) in [4.78, 5) is 3.39. The Morgan fingerprint density at radius 1 is 1.05 bits per heavy atom. The third-order valence-electron chi connectivity index (χ3n) is 6.14. The molecule has 1 unspecified atom stereocenters. The van der Waals surface area contributed by atoms with Crippen LogP contribution in [0.5, 0.6) is 5.75 Å². The summed E-state index contributed by atoms with van der Waals surface area (Å²) in [7, 11) is -2.46. The van der Waals surface area contributed by atoms with E-state index in [9.17, 15) is 26.0 Å². The molecule has 12 heteroatoms. The van der Waals surface area contributed by atoms with Crippen LogP contribution in [-0.4, -0.2) is 29.8 Å². The van der Waals surface area contributed by atoms with Crippen LogP contribution in [0.4, 0.5) is 23.4 Å². The van der Waals surface area contributed by atoms with E-state index >= 15 is 0 Å². The Bertz CT molecular complexity index is 1590. The van der Waals surface area contributed by atoms with E-state index in [2.05, 4.69) is 14.8 Å². The van der Waals surface area contributed by atoms with Crippen LogP contribution in [0.25, 0.3) is 11.3 Å². The third kappa shape index (κ3) is 4.88. The van der Waals surface area contributed by atoms with Crippen LogP contribution in [0.15, 0.2) is 71.8 Å². The molecule has 2 aromatic heterocycles. The molecule has 5 rings (SSSR count). The van der Waals surface area contributed by atoms with E-state index < -0.39 is 27.7 Å². The highest BCUT2D eigenvalue weighted by atomic mass is 32.2. The summed E-state index contributed by atoms with van der Waals surface area (Å²) < 4.78 is 89.2. The quantitative estimate of drug-likeness (QED) is 0.277. The monoisotopic (exact) mass is 532 g/mol. The highest BCUT2D eigenvalue weighted by molar-refractivity contribution is 7.92. The molecule has 1 aliphatic rings. The first-order chi connectivity index (χ1) is 17.5. The molecule has 37 heavy (non-hydrogen) atoms. The highest BCUT2D eigenvalue weighted by Crippen LogP contribution is 2.44. The number of alkyl halides is 3. The van der Waals surface area contributed by atoms with Crippen molar-refractivity contribution in [3.05, 3.63) is 89.5 Å². The Hall–Kier alpha value is -3.93. The number of aromatic nitrogens is 3. The van der Waals surface area contributed by atoms with Crippen molar-refractivity contribution >= 4 is 15.8 Å². The Kier molecular flexibility index (Phi) is 6.14. The van der Waals surface area contributed by atoms with E-state index in [-0.39, 0.29) is 23.2 Å². The third-order valence-corrected chi connectivity index (χ3v) is 7.49. The zero-order valence-corrected chi connectivity index (χ0v) is 20.1. The van der Waals surface area contributed by atoms with Gasteiger partial charge in [-0.2, -0.15) is 22.7 Å². The lowest BCUT2D eigenvalue weighted by atomic mass is 9.83. The van der Waals surface area contributed by atoms with Gasteiger partial charge in [-0.3, -0.25) is 9.40 Å². The standard InChI is InChI=1S/C25H20F4N4O3S/c1-33-21(9-11-30-33)20-13-15(25(27,28)29)5-7-17(20)18-10-12-36-22-14-16(6-8-19(18)22)37(34,35)32-24-4-2-3-23(26)31-24/h2-9,11,13-14,18H,10,12H2,1H3,(H,31,32). The average Bonchev–Trinajstić information content (AvgIpc) is 3.27. The second-order valence-corrected chi connectivity index (χ2v) is 10.2. The van der Waals surface area contributed by atoms with Gasteiger partial charge in [-0.1, -0.05) is 18.2 Å². The molecule has 192 valence electrons. The molecule has 0 spiro atoms. The number of pyridine rings is 1. The van der Waals surface area contributed by atoms with E-state index in [1.165, 1.54) is 41.2 Å². The predicted octanol–water partition coefficient (Wildman–Crippen LogP) is 5.36. The molecule has 0 saturated carbocycles. The Morgan fingerprint density at radius 3 is 2.54 bits per heavy atom. The van der Waals surface area contributed by atoms with Crippen molar-refractivity contribution < 1.29 is 30.7 Å².